The largest absolute Gasteiger partial charge is 0.456 e. The predicted molar refractivity (Wildman–Crippen MR) is 67.3 cm³/mol. The maximum absolute atomic E-state index is 12.3. The van der Waals surface area contributed by atoms with Gasteiger partial charge in [0.25, 0.3) is 0 Å². The summed E-state index contributed by atoms with van der Waals surface area (Å²) in [6.07, 6.45) is 0. The molecule has 1 heterocycles. The molecule has 4 heteroatoms. The van der Waals surface area contributed by atoms with E-state index in [2.05, 4.69) is 5.16 Å². The first-order valence-corrected chi connectivity index (χ1v) is 5.44. The standard InChI is InChI=1S/C14H9NO3/c16-14-10-6-2-4-8-12(10)18-11-7-3-1-5-9(11)13(14)15-17/h1-8,17H. The Morgan fingerprint density at radius 1 is 0.889 bits per heavy atom. The number of hydrogen-bond donors (Lipinski definition) is 1. The molecule has 0 saturated heterocycles. The average Bonchev–Trinajstić information content (AvgIpc) is 2.53. The summed E-state index contributed by atoms with van der Waals surface area (Å²) in [6.45, 7) is 0. The fraction of sp³-hybridized carbons (Fsp3) is 0. The van der Waals surface area contributed by atoms with Crippen molar-refractivity contribution < 1.29 is 9.62 Å². The molecule has 3 aromatic rings. The summed E-state index contributed by atoms with van der Waals surface area (Å²) in [7, 11) is 0. The van der Waals surface area contributed by atoms with Crippen LogP contribution in [-0.4, -0.2) is 5.21 Å². The van der Waals surface area contributed by atoms with Gasteiger partial charge in [-0.3, -0.25) is 4.79 Å². The molecule has 2 aromatic carbocycles. The van der Waals surface area contributed by atoms with Gasteiger partial charge in [0.1, 0.15) is 11.2 Å². The topological polar surface area (TPSA) is 62.8 Å². The third-order valence-electron chi connectivity index (χ3n) is 2.81. The van der Waals surface area contributed by atoms with Gasteiger partial charge in [0.15, 0.2) is 5.36 Å². The minimum absolute atomic E-state index is 0.00412. The Labute approximate surface area is 101 Å². The lowest BCUT2D eigenvalue weighted by atomic mass is 10.2. The highest BCUT2D eigenvalue weighted by molar-refractivity contribution is 5.83. The van der Waals surface area contributed by atoms with E-state index in [0.717, 1.165) is 0 Å². The number of hydrogen-bond acceptors (Lipinski definition) is 4. The second kappa shape index (κ2) is 4.00. The fourth-order valence-corrected chi connectivity index (χ4v) is 1.96. The highest BCUT2D eigenvalue weighted by Gasteiger charge is 2.05. The predicted octanol–water partition coefficient (Wildman–Crippen LogP) is 2.24. The molecule has 0 saturated carbocycles. The van der Waals surface area contributed by atoms with Crippen molar-refractivity contribution in [3.8, 4) is 0 Å². The molecule has 0 aliphatic heterocycles. The Balaban J connectivity index is 2.79. The third kappa shape index (κ3) is 1.47. The van der Waals surface area contributed by atoms with Crippen LogP contribution in [0.25, 0.3) is 21.9 Å². The molecule has 0 fully saturated rings. The van der Waals surface area contributed by atoms with Gasteiger partial charge >= 0.3 is 0 Å². The van der Waals surface area contributed by atoms with Gasteiger partial charge in [-0.05, 0) is 24.3 Å². The van der Waals surface area contributed by atoms with E-state index in [1.54, 1.807) is 48.5 Å². The number of para-hydroxylation sites is 2. The SMILES string of the molecule is O=c1c(=NO)c2ccccc2oc2ccccc12. The highest BCUT2D eigenvalue weighted by Crippen LogP contribution is 2.14. The number of nitrogens with zero attached hydrogens (tertiary/aromatic N) is 1. The minimum Gasteiger partial charge on any atom is -0.456 e. The average molecular weight is 239 g/mol. The van der Waals surface area contributed by atoms with Crippen molar-refractivity contribution in [3.05, 3.63) is 64.1 Å². The molecule has 0 bridgehead atoms. The molecule has 0 unspecified atom stereocenters. The second-order valence-corrected chi connectivity index (χ2v) is 3.87. The molecule has 0 spiro atoms. The van der Waals surface area contributed by atoms with Crippen molar-refractivity contribution in [3.63, 3.8) is 0 Å². The Morgan fingerprint density at radius 2 is 1.44 bits per heavy atom. The van der Waals surface area contributed by atoms with E-state index in [9.17, 15) is 4.79 Å². The van der Waals surface area contributed by atoms with E-state index >= 15 is 0 Å². The number of benzene rings is 2. The minimum atomic E-state index is -0.349. The zero-order chi connectivity index (χ0) is 12.5. The molecule has 0 aliphatic rings. The van der Waals surface area contributed by atoms with E-state index < -0.39 is 0 Å². The molecule has 0 amide bonds. The molecule has 0 atom stereocenters. The van der Waals surface area contributed by atoms with Crippen molar-refractivity contribution in [1.29, 1.82) is 0 Å². The summed E-state index contributed by atoms with van der Waals surface area (Å²) in [4.78, 5) is 12.3. The lowest BCUT2D eigenvalue weighted by Gasteiger charge is -1.90. The van der Waals surface area contributed by atoms with E-state index in [0.29, 0.717) is 21.9 Å². The Morgan fingerprint density at radius 3 is 2.11 bits per heavy atom. The van der Waals surface area contributed by atoms with E-state index in [1.165, 1.54) is 0 Å². The van der Waals surface area contributed by atoms with E-state index in [-0.39, 0.29) is 10.8 Å². The summed E-state index contributed by atoms with van der Waals surface area (Å²) in [5.41, 5.74) is 0.621. The van der Waals surface area contributed by atoms with Gasteiger partial charge in [-0.25, -0.2) is 0 Å². The quantitative estimate of drug-likeness (QED) is 0.483. The van der Waals surface area contributed by atoms with Crippen LogP contribution in [0.1, 0.15) is 0 Å². The molecule has 3 rings (SSSR count). The zero-order valence-corrected chi connectivity index (χ0v) is 9.33. The van der Waals surface area contributed by atoms with Crippen LogP contribution in [0, 0.1) is 0 Å². The van der Waals surface area contributed by atoms with Gasteiger partial charge in [-0.1, -0.05) is 29.4 Å². The maximum Gasteiger partial charge on any atom is 0.219 e. The van der Waals surface area contributed by atoms with Crippen LogP contribution < -0.4 is 10.8 Å². The second-order valence-electron chi connectivity index (χ2n) is 3.87. The van der Waals surface area contributed by atoms with Crippen molar-refractivity contribution in [1.82, 2.24) is 0 Å². The first-order chi connectivity index (χ1) is 8.81. The summed E-state index contributed by atoms with van der Waals surface area (Å²) in [5, 5.41) is 13.1. The van der Waals surface area contributed by atoms with Crippen LogP contribution in [0.5, 0.6) is 0 Å². The number of fused-ring (bicyclic) bond motifs is 2. The van der Waals surface area contributed by atoms with Crippen LogP contribution >= 0.6 is 0 Å². The van der Waals surface area contributed by atoms with Crippen LogP contribution in [-0.2, 0) is 0 Å². The van der Waals surface area contributed by atoms with Crippen molar-refractivity contribution >= 4 is 21.9 Å². The molecule has 0 radical (unpaired) electrons. The maximum atomic E-state index is 12.3. The first kappa shape index (κ1) is 10.5. The Hall–Kier alpha value is -2.62. The van der Waals surface area contributed by atoms with E-state index in [1.807, 2.05) is 0 Å². The molecule has 18 heavy (non-hydrogen) atoms. The van der Waals surface area contributed by atoms with Crippen molar-refractivity contribution in [2.24, 2.45) is 5.16 Å². The Kier molecular flexibility index (Phi) is 2.34. The van der Waals surface area contributed by atoms with Gasteiger partial charge in [-0.2, -0.15) is 0 Å². The molecule has 0 aliphatic carbocycles. The van der Waals surface area contributed by atoms with Gasteiger partial charge in [0, 0.05) is 0 Å². The molecule has 1 aromatic heterocycles. The van der Waals surface area contributed by atoms with Crippen LogP contribution in [0.15, 0.2) is 62.9 Å². The molecular weight excluding hydrogens is 230 g/mol. The monoisotopic (exact) mass is 239 g/mol. The summed E-state index contributed by atoms with van der Waals surface area (Å²) >= 11 is 0. The van der Waals surface area contributed by atoms with Crippen molar-refractivity contribution in [2.75, 3.05) is 0 Å². The summed E-state index contributed by atoms with van der Waals surface area (Å²) in [5.74, 6) is 0. The van der Waals surface area contributed by atoms with Gasteiger partial charge in [-0.15, -0.1) is 0 Å². The van der Waals surface area contributed by atoms with Gasteiger partial charge in [0.2, 0.25) is 5.43 Å². The zero-order valence-electron chi connectivity index (χ0n) is 9.33. The van der Waals surface area contributed by atoms with Crippen LogP contribution in [0.2, 0.25) is 0 Å². The van der Waals surface area contributed by atoms with E-state index in [4.69, 9.17) is 9.62 Å². The molecule has 1 N–H and O–H groups in total. The smallest absolute Gasteiger partial charge is 0.219 e. The summed E-state index contributed by atoms with van der Waals surface area (Å²) < 4.78 is 5.69. The molecular formula is C14H9NO3. The lowest BCUT2D eigenvalue weighted by Crippen LogP contribution is -2.22. The van der Waals surface area contributed by atoms with Gasteiger partial charge in [0.05, 0.1) is 10.8 Å². The normalized spacial score (nSPS) is 12.1. The fourth-order valence-electron chi connectivity index (χ4n) is 1.96. The van der Waals surface area contributed by atoms with Crippen LogP contribution in [0.3, 0.4) is 0 Å². The van der Waals surface area contributed by atoms with Gasteiger partial charge < -0.3 is 9.62 Å². The van der Waals surface area contributed by atoms with Crippen LogP contribution in [0.4, 0.5) is 0 Å². The summed E-state index contributed by atoms with van der Waals surface area (Å²) in [6, 6.07) is 13.9. The first-order valence-electron chi connectivity index (χ1n) is 5.44. The lowest BCUT2D eigenvalue weighted by molar-refractivity contribution is 0.302. The highest BCUT2D eigenvalue weighted by atomic mass is 16.4. The third-order valence-corrected chi connectivity index (χ3v) is 2.81. The number of rotatable bonds is 0. The molecule has 4 nitrogen and oxygen atoms in total. The molecule has 88 valence electrons. The van der Waals surface area contributed by atoms with Crippen molar-refractivity contribution in [2.45, 2.75) is 0 Å². The Bertz CT molecular complexity index is 865.